The molecule has 0 radical (unpaired) electrons. The number of piperazine rings is 1. The van der Waals surface area contributed by atoms with Gasteiger partial charge in [0.15, 0.2) is 5.96 Å². The van der Waals surface area contributed by atoms with Crippen molar-refractivity contribution in [3.63, 3.8) is 0 Å². The van der Waals surface area contributed by atoms with Crippen LogP contribution in [-0.4, -0.2) is 68.2 Å². The molecule has 3 heterocycles. The molecular formula is C14H23N9S. The number of aryl methyl sites for hydroxylation is 2. The van der Waals surface area contributed by atoms with Gasteiger partial charge in [-0.25, -0.2) is 9.97 Å². The van der Waals surface area contributed by atoms with Crippen LogP contribution >= 0.6 is 11.5 Å². The average Bonchev–Trinajstić information content (AvgIpc) is 3.25. The molecule has 1 aliphatic heterocycles. The molecule has 2 aromatic rings. The van der Waals surface area contributed by atoms with E-state index in [0.29, 0.717) is 6.54 Å². The van der Waals surface area contributed by atoms with Crippen molar-refractivity contribution in [1.82, 2.24) is 34.3 Å². The second kappa shape index (κ2) is 7.56. The third kappa shape index (κ3) is 3.64. The molecular weight excluding hydrogens is 326 g/mol. The Bertz CT molecular complexity index is 684. The highest BCUT2D eigenvalue weighted by atomic mass is 32.1. The molecule has 0 bridgehead atoms. The molecule has 1 N–H and O–H groups in total. The minimum Gasteiger partial charge on any atom is -0.349 e. The molecule has 0 spiro atoms. The molecule has 0 amide bonds. The highest BCUT2D eigenvalue weighted by Crippen LogP contribution is 2.19. The van der Waals surface area contributed by atoms with E-state index in [1.54, 1.807) is 11.0 Å². The Kier molecular flexibility index (Phi) is 5.24. The maximum atomic E-state index is 4.57. The first-order valence-electron chi connectivity index (χ1n) is 8.07. The number of aromatic nitrogens is 5. The second-order valence-electron chi connectivity index (χ2n) is 5.52. The zero-order valence-corrected chi connectivity index (χ0v) is 15.1. The van der Waals surface area contributed by atoms with Crippen LogP contribution in [0.25, 0.3) is 0 Å². The minimum absolute atomic E-state index is 0.611. The van der Waals surface area contributed by atoms with Gasteiger partial charge in [0.2, 0.25) is 5.13 Å². The summed E-state index contributed by atoms with van der Waals surface area (Å²) >= 11 is 1.49. The summed E-state index contributed by atoms with van der Waals surface area (Å²) in [4.78, 5) is 17.7. The molecule has 0 saturated carbocycles. The standard InChI is InChI=1S/C14H23N9S/c1-4-11-19-14(24-20-11)23-7-5-22(6-8-23)13(15-2)16-9-12-17-10-18-21(12)3/h10H,4-9H2,1-3H3,(H,15,16). The lowest BCUT2D eigenvalue weighted by Gasteiger charge is -2.36. The fraction of sp³-hybridized carbons (Fsp3) is 0.643. The molecule has 24 heavy (non-hydrogen) atoms. The Morgan fingerprint density at radius 3 is 2.71 bits per heavy atom. The van der Waals surface area contributed by atoms with Crippen LogP contribution in [0.5, 0.6) is 0 Å². The summed E-state index contributed by atoms with van der Waals surface area (Å²) in [5.74, 6) is 2.71. The van der Waals surface area contributed by atoms with Gasteiger partial charge in [0.05, 0.1) is 6.54 Å². The third-order valence-electron chi connectivity index (χ3n) is 4.04. The van der Waals surface area contributed by atoms with Gasteiger partial charge in [-0.2, -0.15) is 9.47 Å². The first-order valence-corrected chi connectivity index (χ1v) is 8.84. The van der Waals surface area contributed by atoms with Gasteiger partial charge in [-0.3, -0.25) is 9.67 Å². The Morgan fingerprint density at radius 2 is 2.12 bits per heavy atom. The molecule has 9 nitrogen and oxygen atoms in total. The summed E-state index contributed by atoms with van der Waals surface area (Å²) in [6.45, 7) is 6.33. The molecule has 10 heteroatoms. The molecule has 0 unspecified atom stereocenters. The summed E-state index contributed by atoms with van der Waals surface area (Å²) < 4.78 is 6.13. The van der Waals surface area contributed by atoms with Crippen molar-refractivity contribution >= 4 is 22.6 Å². The number of rotatable bonds is 4. The van der Waals surface area contributed by atoms with Crippen molar-refractivity contribution in [3.05, 3.63) is 18.0 Å². The van der Waals surface area contributed by atoms with Crippen molar-refractivity contribution in [2.24, 2.45) is 12.0 Å². The molecule has 1 saturated heterocycles. The molecule has 1 fully saturated rings. The third-order valence-corrected chi connectivity index (χ3v) is 4.86. The van der Waals surface area contributed by atoms with E-state index in [0.717, 1.165) is 55.3 Å². The predicted octanol–water partition coefficient (Wildman–Crippen LogP) is 0.127. The lowest BCUT2D eigenvalue weighted by molar-refractivity contribution is 0.371. The van der Waals surface area contributed by atoms with Crippen molar-refractivity contribution in [3.8, 4) is 0 Å². The first kappa shape index (κ1) is 16.6. The van der Waals surface area contributed by atoms with E-state index in [9.17, 15) is 0 Å². The normalized spacial score (nSPS) is 15.9. The van der Waals surface area contributed by atoms with E-state index in [2.05, 4.69) is 46.5 Å². The lowest BCUT2D eigenvalue weighted by atomic mass is 10.3. The van der Waals surface area contributed by atoms with Crippen LogP contribution in [-0.2, 0) is 20.0 Å². The van der Waals surface area contributed by atoms with Crippen molar-refractivity contribution < 1.29 is 0 Å². The van der Waals surface area contributed by atoms with Gasteiger partial charge >= 0.3 is 0 Å². The van der Waals surface area contributed by atoms with Gasteiger partial charge in [-0.05, 0) is 0 Å². The van der Waals surface area contributed by atoms with Crippen LogP contribution < -0.4 is 10.2 Å². The number of guanidine groups is 1. The van der Waals surface area contributed by atoms with Crippen LogP contribution in [0.2, 0.25) is 0 Å². The van der Waals surface area contributed by atoms with E-state index in [1.165, 1.54) is 11.5 Å². The quantitative estimate of drug-likeness (QED) is 0.620. The number of hydrogen-bond acceptors (Lipinski definition) is 7. The molecule has 130 valence electrons. The van der Waals surface area contributed by atoms with E-state index in [-0.39, 0.29) is 0 Å². The number of nitrogens with zero attached hydrogens (tertiary/aromatic N) is 8. The average molecular weight is 349 g/mol. The molecule has 3 rings (SSSR count). The largest absolute Gasteiger partial charge is 0.349 e. The van der Waals surface area contributed by atoms with Crippen LogP contribution in [0.15, 0.2) is 11.3 Å². The van der Waals surface area contributed by atoms with E-state index >= 15 is 0 Å². The molecule has 0 atom stereocenters. The maximum Gasteiger partial charge on any atom is 0.205 e. The Hall–Kier alpha value is -2.23. The van der Waals surface area contributed by atoms with Crippen molar-refractivity contribution in [2.75, 3.05) is 38.1 Å². The highest BCUT2D eigenvalue weighted by molar-refractivity contribution is 7.09. The summed E-state index contributed by atoms with van der Waals surface area (Å²) in [6, 6.07) is 0. The van der Waals surface area contributed by atoms with E-state index in [1.807, 2.05) is 14.1 Å². The van der Waals surface area contributed by atoms with Gasteiger partial charge < -0.3 is 15.1 Å². The lowest BCUT2D eigenvalue weighted by Crippen LogP contribution is -2.52. The summed E-state index contributed by atoms with van der Waals surface area (Å²) in [5.41, 5.74) is 0. The van der Waals surface area contributed by atoms with Crippen LogP contribution in [0.3, 0.4) is 0 Å². The topological polar surface area (TPSA) is 87.4 Å². The van der Waals surface area contributed by atoms with Gasteiger partial charge in [0.1, 0.15) is 18.0 Å². The van der Waals surface area contributed by atoms with Crippen molar-refractivity contribution in [2.45, 2.75) is 19.9 Å². The van der Waals surface area contributed by atoms with E-state index in [4.69, 9.17) is 0 Å². The molecule has 0 aliphatic carbocycles. The van der Waals surface area contributed by atoms with Crippen LogP contribution in [0.4, 0.5) is 5.13 Å². The number of hydrogen-bond donors (Lipinski definition) is 1. The summed E-state index contributed by atoms with van der Waals surface area (Å²) in [5, 5.41) is 8.46. The van der Waals surface area contributed by atoms with Gasteiger partial charge in [0.25, 0.3) is 0 Å². The Morgan fingerprint density at radius 1 is 1.33 bits per heavy atom. The number of nitrogens with one attached hydrogen (secondary N) is 1. The second-order valence-corrected chi connectivity index (χ2v) is 6.25. The predicted molar refractivity (Wildman–Crippen MR) is 94.3 cm³/mol. The number of aliphatic imine (C=N–C) groups is 1. The Balaban J connectivity index is 1.53. The van der Waals surface area contributed by atoms with E-state index < -0.39 is 0 Å². The van der Waals surface area contributed by atoms with Gasteiger partial charge in [-0.1, -0.05) is 6.92 Å². The SMILES string of the molecule is CCc1nsc(N2CCN(C(=NC)NCc3ncnn3C)CC2)n1. The van der Waals surface area contributed by atoms with Gasteiger partial charge in [-0.15, -0.1) is 0 Å². The smallest absolute Gasteiger partial charge is 0.205 e. The number of anilines is 1. The molecule has 1 aliphatic rings. The highest BCUT2D eigenvalue weighted by Gasteiger charge is 2.22. The van der Waals surface area contributed by atoms with Gasteiger partial charge in [0, 0.05) is 58.2 Å². The van der Waals surface area contributed by atoms with Crippen LogP contribution in [0, 0.1) is 0 Å². The zero-order valence-electron chi connectivity index (χ0n) is 14.3. The minimum atomic E-state index is 0.611. The fourth-order valence-corrected chi connectivity index (χ4v) is 3.40. The fourth-order valence-electron chi connectivity index (χ4n) is 2.60. The van der Waals surface area contributed by atoms with Crippen LogP contribution in [0.1, 0.15) is 18.6 Å². The first-order chi connectivity index (χ1) is 11.7. The summed E-state index contributed by atoms with van der Waals surface area (Å²) in [7, 11) is 3.70. The monoisotopic (exact) mass is 349 g/mol. The zero-order chi connectivity index (χ0) is 16.9. The van der Waals surface area contributed by atoms with Crippen molar-refractivity contribution in [1.29, 1.82) is 0 Å². The maximum absolute atomic E-state index is 4.57. The summed E-state index contributed by atoms with van der Waals surface area (Å²) in [6.07, 6.45) is 2.44. The molecule has 2 aromatic heterocycles. The molecule has 0 aromatic carbocycles. The Labute approximate surface area is 145 Å².